The predicted molar refractivity (Wildman–Crippen MR) is 67.6 cm³/mol. The molecule has 0 aliphatic heterocycles. The van der Waals surface area contributed by atoms with Gasteiger partial charge in [-0.25, -0.2) is 4.98 Å². The molecular formula is C10H15N5O3. The van der Waals surface area contributed by atoms with Gasteiger partial charge in [-0.2, -0.15) is 0 Å². The third-order valence-corrected chi connectivity index (χ3v) is 2.21. The average molecular weight is 253 g/mol. The van der Waals surface area contributed by atoms with Crippen LogP contribution in [-0.2, 0) is 4.79 Å². The van der Waals surface area contributed by atoms with Crippen molar-refractivity contribution in [1.29, 1.82) is 0 Å². The molecule has 1 heterocycles. The highest BCUT2D eigenvalue weighted by molar-refractivity contribution is 5.76. The zero-order valence-electron chi connectivity index (χ0n) is 10.2. The Labute approximate surface area is 104 Å². The van der Waals surface area contributed by atoms with Gasteiger partial charge in [0.15, 0.2) is 0 Å². The molecule has 0 spiro atoms. The third kappa shape index (κ3) is 3.89. The Morgan fingerprint density at radius 3 is 2.61 bits per heavy atom. The Morgan fingerprint density at radius 2 is 2.06 bits per heavy atom. The number of carbonyl (C=O) groups excluding carboxylic acids is 1. The maximum atomic E-state index is 11.0. The Hall–Kier alpha value is -2.38. The Morgan fingerprint density at radius 1 is 1.39 bits per heavy atom. The van der Waals surface area contributed by atoms with Gasteiger partial charge in [-0.1, -0.05) is 0 Å². The Balaban J connectivity index is 2.72. The van der Waals surface area contributed by atoms with Crippen LogP contribution >= 0.6 is 0 Å². The zero-order valence-corrected chi connectivity index (χ0v) is 10.2. The number of rotatable bonds is 6. The molecule has 0 bridgehead atoms. The topological polar surface area (TPSA) is 109 Å². The molecule has 0 aromatic carbocycles. The lowest BCUT2D eigenvalue weighted by Gasteiger charge is -2.07. The van der Waals surface area contributed by atoms with E-state index in [1.807, 2.05) is 0 Å². The summed E-state index contributed by atoms with van der Waals surface area (Å²) >= 11 is 0. The molecule has 1 amide bonds. The summed E-state index contributed by atoms with van der Waals surface area (Å²) in [6.07, 6.45) is 0.274. The van der Waals surface area contributed by atoms with Gasteiger partial charge in [0.1, 0.15) is 11.6 Å². The second kappa shape index (κ2) is 6.38. The number of aromatic nitrogens is 1. The minimum absolute atomic E-state index is 0.0585. The van der Waals surface area contributed by atoms with E-state index in [1.54, 1.807) is 14.1 Å². The molecule has 1 aromatic rings. The van der Waals surface area contributed by atoms with Crippen molar-refractivity contribution >= 4 is 23.2 Å². The molecule has 0 saturated carbocycles. The molecular weight excluding hydrogens is 238 g/mol. The molecule has 1 rings (SSSR count). The molecule has 0 fully saturated rings. The molecule has 0 aliphatic carbocycles. The van der Waals surface area contributed by atoms with E-state index in [1.165, 1.54) is 12.1 Å². The highest BCUT2D eigenvalue weighted by Gasteiger charge is 2.10. The van der Waals surface area contributed by atoms with Crippen molar-refractivity contribution in [2.24, 2.45) is 0 Å². The number of carbonyl (C=O) groups is 1. The van der Waals surface area contributed by atoms with Gasteiger partial charge in [-0.05, 0) is 0 Å². The van der Waals surface area contributed by atoms with E-state index >= 15 is 0 Å². The molecule has 3 N–H and O–H groups in total. The number of amides is 1. The molecule has 1 aromatic heterocycles. The van der Waals surface area contributed by atoms with Gasteiger partial charge in [-0.3, -0.25) is 14.9 Å². The minimum atomic E-state index is -0.494. The smallest absolute Gasteiger partial charge is 0.276 e. The molecule has 18 heavy (non-hydrogen) atoms. The van der Waals surface area contributed by atoms with Gasteiger partial charge in [0, 0.05) is 27.1 Å². The van der Waals surface area contributed by atoms with Crippen molar-refractivity contribution in [3.8, 4) is 0 Å². The van der Waals surface area contributed by atoms with Crippen LogP contribution < -0.4 is 16.0 Å². The van der Waals surface area contributed by atoms with E-state index in [2.05, 4.69) is 20.9 Å². The number of pyridine rings is 1. The SMILES string of the molecule is CNC(=O)CCNc1cc([N+](=O)[O-])cc(NC)n1. The lowest BCUT2D eigenvalue weighted by Crippen LogP contribution is -2.21. The molecule has 0 unspecified atom stereocenters. The fourth-order valence-electron chi connectivity index (χ4n) is 1.27. The number of nitrogens with one attached hydrogen (secondary N) is 3. The van der Waals surface area contributed by atoms with E-state index in [9.17, 15) is 14.9 Å². The maximum absolute atomic E-state index is 11.0. The van der Waals surface area contributed by atoms with Crippen LogP contribution in [0.5, 0.6) is 0 Å². The molecule has 8 heteroatoms. The summed E-state index contributed by atoms with van der Waals surface area (Å²) in [5.74, 6) is 0.644. The quantitative estimate of drug-likeness (QED) is 0.505. The van der Waals surface area contributed by atoms with E-state index in [0.29, 0.717) is 18.2 Å². The lowest BCUT2D eigenvalue weighted by atomic mass is 10.3. The van der Waals surface area contributed by atoms with Gasteiger partial charge < -0.3 is 16.0 Å². The summed E-state index contributed by atoms with van der Waals surface area (Å²) in [6.45, 7) is 0.358. The molecule has 0 atom stereocenters. The van der Waals surface area contributed by atoms with E-state index in [0.717, 1.165) is 0 Å². The van der Waals surface area contributed by atoms with Crippen molar-refractivity contribution in [3.63, 3.8) is 0 Å². The second-order valence-corrected chi connectivity index (χ2v) is 3.45. The minimum Gasteiger partial charge on any atom is -0.373 e. The summed E-state index contributed by atoms with van der Waals surface area (Å²) in [5, 5.41) is 18.8. The summed E-state index contributed by atoms with van der Waals surface area (Å²) < 4.78 is 0. The predicted octanol–water partition coefficient (Wildman–Crippen LogP) is 0.579. The average Bonchev–Trinajstić information content (AvgIpc) is 2.37. The van der Waals surface area contributed by atoms with Gasteiger partial charge in [0.05, 0.1) is 17.1 Å². The van der Waals surface area contributed by atoms with Crippen LogP contribution in [0.3, 0.4) is 0 Å². The standard InChI is InChI=1S/C10H15N5O3/c1-11-8-5-7(15(17)18)6-9(14-8)13-4-3-10(16)12-2/h5-6H,3-4H2,1-2H3,(H,12,16)(H2,11,13,14). The largest absolute Gasteiger partial charge is 0.373 e. The first-order valence-electron chi connectivity index (χ1n) is 5.35. The lowest BCUT2D eigenvalue weighted by molar-refractivity contribution is -0.384. The first kappa shape index (κ1) is 13.7. The first-order chi connectivity index (χ1) is 8.56. The first-order valence-corrected chi connectivity index (χ1v) is 5.35. The van der Waals surface area contributed by atoms with Crippen LogP contribution in [0.4, 0.5) is 17.3 Å². The highest BCUT2D eigenvalue weighted by atomic mass is 16.6. The summed E-state index contributed by atoms with van der Waals surface area (Å²) in [5.41, 5.74) is -0.0585. The van der Waals surface area contributed by atoms with Crippen LogP contribution in [0, 0.1) is 10.1 Å². The van der Waals surface area contributed by atoms with E-state index in [-0.39, 0.29) is 18.0 Å². The van der Waals surface area contributed by atoms with Crippen molar-refractivity contribution in [3.05, 3.63) is 22.2 Å². The number of hydrogen-bond acceptors (Lipinski definition) is 6. The number of nitro groups is 1. The summed E-state index contributed by atoms with van der Waals surface area (Å²) in [7, 11) is 3.17. The zero-order chi connectivity index (χ0) is 13.5. The van der Waals surface area contributed by atoms with Crippen LogP contribution in [0.15, 0.2) is 12.1 Å². The van der Waals surface area contributed by atoms with Crippen molar-refractivity contribution in [1.82, 2.24) is 10.3 Å². The normalized spacial score (nSPS) is 9.67. The third-order valence-electron chi connectivity index (χ3n) is 2.21. The second-order valence-electron chi connectivity index (χ2n) is 3.45. The van der Waals surface area contributed by atoms with Crippen LogP contribution in [-0.4, -0.2) is 36.5 Å². The summed E-state index contributed by atoms with van der Waals surface area (Å²) in [6, 6.07) is 2.66. The van der Waals surface area contributed by atoms with Crippen molar-refractivity contribution in [2.45, 2.75) is 6.42 Å². The van der Waals surface area contributed by atoms with Crippen molar-refractivity contribution in [2.75, 3.05) is 31.3 Å². The monoisotopic (exact) mass is 253 g/mol. The van der Waals surface area contributed by atoms with Gasteiger partial charge in [0.25, 0.3) is 5.69 Å². The Kier molecular flexibility index (Phi) is 4.85. The molecule has 8 nitrogen and oxygen atoms in total. The summed E-state index contributed by atoms with van der Waals surface area (Å²) in [4.78, 5) is 25.3. The molecule has 0 aliphatic rings. The number of nitrogens with zero attached hydrogens (tertiary/aromatic N) is 2. The van der Waals surface area contributed by atoms with E-state index < -0.39 is 4.92 Å². The van der Waals surface area contributed by atoms with Crippen molar-refractivity contribution < 1.29 is 9.72 Å². The van der Waals surface area contributed by atoms with Gasteiger partial charge in [0.2, 0.25) is 5.91 Å². The molecule has 0 radical (unpaired) electrons. The number of anilines is 2. The molecule has 98 valence electrons. The maximum Gasteiger partial charge on any atom is 0.276 e. The van der Waals surface area contributed by atoms with Crippen LogP contribution in [0.1, 0.15) is 6.42 Å². The highest BCUT2D eigenvalue weighted by Crippen LogP contribution is 2.20. The number of hydrogen-bond donors (Lipinski definition) is 3. The van der Waals surface area contributed by atoms with Gasteiger partial charge in [-0.15, -0.1) is 0 Å². The fourth-order valence-corrected chi connectivity index (χ4v) is 1.27. The molecule has 0 saturated heterocycles. The van der Waals surface area contributed by atoms with Crippen LogP contribution in [0.25, 0.3) is 0 Å². The Bertz CT molecular complexity index is 449. The van der Waals surface area contributed by atoms with Crippen LogP contribution in [0.2, 0.25) is 0 Å². The fraction of sp³-hybridized carbons (Fsp3) is 0.400. The van der Waals surface area contributed by atoms with Gasteiger partial charge >= 0.3 is 0 Å². The van der Waals surface area contributed by atoms with E-state index in [4.69, 9.17) is 0 Å².